The van der Waals surface area contributed by atoms with E-state index in [-0.39, 0.29) is 17.4 Å². The van der Waals surface area contributed by atoms with Gasteiger partial charge in [-0.2, -0.15) is 0 Å². The summed E-state index contributed by atoms with van der Waals surface area (Å²) in [6, 6.07) is 13.8. The average Bonchev–Trinajstić information content (AvgIpc) is 2.60. The Hall–Kier alpha value is -3.15. The van der Waals surface area contributed by atoms with Crippen molar-refractivity contribution in [3.8, 4) is 11.5 Å². The number of oxime groups is 1. The van der Waals surface area contributed by atoms with E-state index in [4.69, 9.17) is 9.57 Å². The lowest BCUT2D eigenvalue weighted by atomic mass is 10.1. The molecule has 0 radical (unpaired) electrons. The smallest absolute Gasteiger partial charge is 0.273 e. The minimum Gasteiger partial charge on any atom is -0.457 e. The van der Waals surface area contributed by atoms with Gasteiger partial charge in [0.1, 0.15) is 18.6 Å². The Bertz CT molecular complexity index is 767. The van der Waals surface area contributed by atoms with E-state index in [0.717, 1.165) is 0 Å². The Labute approximate surface area is 140 Å². The Morgan fingerprint density at radius 3 is 2.29 bits per heavy atom. The van der Waals surface area contributed by atoms with Crippen LogP contribution in [0.15, 0.2) is 53.7 Å². The highest BCUT2D eigenvalue weighted by molar-refractivity contribution is 6.45. The summed E-state index contributed by atoms with van der Waals surface area (Å²) in [7, 11) is 2.88. The van der Waals surface area contributed by atoms with Gasteiger partial charge in [0.2, 0.25) is 0 Å². The molecule has 6 nitrogen and oxygen atoms in total. The molecule has 0 fully saturated rings. The predicted molar refractivity (Wildman–Crippen MR) is 90.6 cm³/mol. The maximum Gasteiger partial charge on any atom is 0.273 e. The van der Waals surface area contributed by atoms with Crippen LogP contribution in [0.2, 0.25) is 0 Å². The maximum atomic E-state index is 12.0. The fourth-order valence-electron chi connectivity index (χ4n) is 2.06. The SMILES string of the molecule is CNC(=O)/C(=N\OC)c1ccccc1Oc1ccc(C(C)=O)cc1. The van der Waals surface area contributed by atoms with Gasteiger partial charge in [-0.25, -0.2) is 0 Å². The van der Waals surface area contributed by atoms with Gasteiger partial charge >= 0.3 is 0 Å². The number of rotatable bonds is 6. The fourth-order valence-corrected chi connectivity index (χ4v) is 2.06. The van der Waals surface area contributed by atoms with Crippen LogP contribution in [-0.4, -0.2) is 31.6 Å². The molecular formula is C18H18N2O4. The van der Waals surface area contributed by atoms with E-state index in [0.29, 0.717) is 22.6 Å². The molecule has 124 valence electrons. The minimum atomic E-state index is -0.389. The van der Waals surface area contributed by atoms with Gasteiger partial charge in [-0.3, -0.25) is 9.59 Å². The van der Waals surface area contributed by atoms with Crippen molar-refractivity contribution in [2.75, 3.05) is 14.2 Å². The molecule has 0 aliphatic rings. The Morgan fingerprint density at radius 2 is 1.71 bits per heavy atom. The Morgan fingerprint density at radius 1 is 1.04 bits per heavy atom. The highest BCUT2D eigenvalue weighted by atomic mass is 16.6. The number of ether oxygens (including phenoxy) is 1. The van der Waals surface area contributed by atoms with E-state index < -0.39 is 0 Å². The van der Waals surface area contributed by atoms with Gasteiger partial charge < -0.3 is 14.9 Å². The van der Waals surface area contributed by atoms with Crippen LogP contribution in [0.4, 0.5) is 0 Å². The molecule has 6 heteroatoms. The molecule has 0 bridgehead atoms. The monoisotopic (exact) mass is 326 g/mol. The number of likely N-dealkylation sites (N-methyl/N-ethyl adjacent to an activating group) is 1. The molecule has 0 atom stereocenters. The van der Waals surface area contributed by atoms with Crippen LogP contribution in [0.1, 0.15) is 22.8 Å². The van der Waals surface area contributed by atoms with Crippen molar-refractivity contribution in [2.24, 2.45) is 5.16 Å². The van der Waals surface area contributed by atoms with Crippen LogP contribution in [0.3, 0.4) is 0 Å². The van der Waals surface area contributed by atoms with Crippen molar-refractivity contribution >= 4 is 17.4 Å². The van der Waals surface area contributed by atoms with Crippen LogP contribution >= 0.6 is 0 Å². The van der Waals surface area contributed by atoms with Crippen LogP contribution < -0.4 is 10.1 Å². The maximum absolute atomic E-state index is 12.0. The van der Waals surface area contributed by atoms with E-state index in [9.17, 15) is 9.59 Å². The average molecular weight is 326 g/mol. The fraction of sp³-hybridized carbons (Fsp3) is 0.167. The van der Waals surface area contributed by atoms with E-state index in [1.54, 1.807) is 48.5 Å². The summed E-state index contributed by atoms with van der Waals surface area (Å²) in [6.45, 7) is 1.50. The number of hydrogen-bond acceptors (Lipinski definition) is 5. The summed E-state index contributed by atoms with van der Waals surface area (Å²) in [6.07, 6.45) is 0. The van der Waals surface area contributed by atoms with E-state index >= 15 is 0 Å². The molecule has 2 aromatic carbocycles. The van der Waals surface area contributed by atoms with Crippen LogP contribution in [0.25, 0.3) is 0 Å². The third kappa shape index (κ3) is 3.98. The molecule has 0 aromatic heterocycles. The van der Waals surface area contributed by atoms with Crippen molar-refractivity contribution < 1.29 is 19.2 Å². The first-order chi connectivity index (χ1) is 11.6. The number of amides is 1. The van der Waals surface area contributed by atoms with Crippen LogP contribution in [0, 0.1) is 0 Å². The van der Waals surface area contributed by atoms with Gasteiger partial charge in [0.25, 0.3) is 5.91 Å². The Balaban J connectivity index is 2.36. The second-order valence-electron chi connectivity index (χ2n) is 4.88. The number of ketones is 1. The van der Waals surface area contributed by atoms with Crippen LogP contribution in [-0.2, 0) is 9.63 Å². The van der Waals surface area contributed by atoms with Gasteiger partial charge in [-0.1, -0.05) is 17.3 Å². The molecule has 0 spiro atoms. The molecule has 0 aliphatic carbocycles. The number of carbonyl (C=O) groups is 2. The van der Waals surface area contributed by atoms with Crippen LogP contribution in [0.5, 0.6) is 11.5 Å². The summed E-state index contributed by atoms with van der Waals surface area (Å²) in [5.74, 6) is 0.588. The number of para-hydroxylation sites is 1. The van der Waals surface area contributed by atoms with Gasteiger partial charge in [-0.15, -0.1) is 0 Å². The van der Waals surface area contributed by atoms with Gasteiger partial charge in [0.05, 0.1) is 5.56 Å². The zero-order valence-electron chi connectivity index (χ0n) is 13.7. The number of hydrogen-bond donors (Lipinski definition) is 1. The molecule has 1 amide bonds. The summed E-state index contributed by atoms with van der Waals surface area (Å²) < 4.78 is 5.84. The van der Waals surface area contributed by atoms with Crippen molar-refractivity contribution in [3.05, 3.63) is 59.7 Å². The highest BCUT2D eigenvalue weighted by Gasteiger charge is 2.18. The van der Waals surface area contributed by atoms with Crippen molar-refractivity contribution in [2.45, 2.75) is 6.92 Å². The molecule has 0 heterocycles. The lowest BCUT2D eigenvalue weighted by Gasteiger charge is -2.12. The molecule has 0 saturated heterocycles. The van der Waals surface area contributed by atoms with E-state index in [2.05, 4.69) is 10.5 Å². The summed E-state index contributed by atoms with van der Waals surface area (Å²) in [5.41, 5.74) is 1.20. The second-order valence-corrected chi connectivity index (χ2v) is 4.88. The number of nitrogens with one attached hydrogen (secondary N) is 1. The molecule has 0 aliphatic heterocycles. The number of Topliss-reactive ketones (excluding diaryl/α,β-unsaturated/α-hetero) is 1. The van der Waals surface area contributed by atoms with Crippen molar-refractivity contribution in [1.29, 1.82) is 0 Å². The first-order valence-electron chi connectivity index (χ1n) is 7.28. The second kappa shape index (κ2) is 7.92. The van der Waals surface area contributed by atoms with Gasteiger partial charge in [-0.05, 0) is 43.3 Å². The van der Waals surface area contributed by atoms with Gasteiger partial charge in [0, 0.05) is 12.6 Å². The highest BCUT2D eigenvalue weighted by Crippen LogP contribution is 2.26. The van der Waals surface area contributed by atoms with E-state index in [1.807, 2.05) is 0 Å². The molecule has 0 saturated carbocycles. The standard InChI is InChI=1S/C18H18N2O4/c1-12(21)13-8-10-14(11-9-13)24-16-7-5-4-6-15(16)17(20-23-3)18(22)19-2/h4-11H,1-3H3,(H,19,22)/b20-17-. The Kier molecular flexibility index (Phi) is 5.68. The zero-order valence-corrected chi connectivity index (χ0v) is 13.7. The normalized spacial score (nSPS) is 10.9. The lowest BCUT2D eigenvalue weighted by molar-refractivity contribution is -0.114. The van der Waals surface area contributed by atoms with Crippen molar-refractivity contribution in [3.63, 3.8) is 0 Å². The van der Waals surface area contributed by atoms with Gasteiger partial charge in [0.15, 0.2) is 11.5 Å². The first kappa shape index (κ1) is 17.2. The zero-order chi connectivity index (χ0) is 17.5. The molecule has 2 aromatic rings. The topological polar surface area (TPSA) is 77.0 Å². The quantitative estimate of drug-likeness (QED) is 0.503. The predicted octanol–water partition coefficient (Wildman–Crippen LogP) is 2.78. The molecule has 0 unspecified atom stereocenters. The third-order valence-corrected chi connectivity index (χ3v) is 3.26. The number of carbonyl (C=O) groups excluding carboxylic acids is 2. The summed E-state index contributed by atoms with van der Waals surface area (Å²) in [5, 5.41) is 6.30. The number of nitrogens with zero attached hydrogens (tertiary/aromatic N) is 1. The van der Waals surface area contributed by atoms with E-state index in [1.165, 1.54) is 21.1 Å². The minimum absolute atomic E-state index is 0.0175. The molecule has 24 heavy (non-hydrogen) atoms. The number of benzene rings is 2. The summed E-state index contributed by atoms with van der Waals surface area (Å²) >= 11 is 0. The molecule has 1 N–H and O–H groups in total. The largest absolute Gasteiger partial charge is 0.457 e. The molecule has 2 rings (SSSR count). The lowest BCUT2D eigenvalue weighted by Crippen LogP contribution is -2.28. The first-order valence-corrected chi connectivity index (χ1v) is 7.28. The summed E-state index contributed by atoms with van der Waals surface area (Å²) in [4.78, 5) is 28.1. The van der Waals surface area contributed by atoms with Crippen molar-refractivity contribution in [1.82, 2.24) is 5.32 Å². The molecular weight excluding hydrogens is 308 g/mol. The third-order valence-electron chi connectivity index (χ3n) is 3.26.